The van der Waals surface area contributed by atoms with Crippen LogP contribution in [0.3, 0.4) is 0 Å². The fraction of sp³-hybridized carbons (Fsp3) is 0.667. The van der Waals surface area contributed by atoms with Gasteiger partial charge in [-0.05, 0) is 37.9 Å². The standard InChI is InChI=1S/C12H19NO2/c1-9-5-6-13-7-12(9)14-8-11-4-3-10(2)15-11/h3-4,9,12-13H,5-8H2,1-2H3. The van der Waals surface area contributed by atoms with Crippen LogP contribution in [0.5, 0.6) is 0 Å². The second kappa shape index (κ2) is 4.81. The van der Waals surface area contributed by atoms with Gasteiger partial charge in [-0.2, -0.15) is 0 Å². The Kier molecular flexibility index (Phi) is 3.44. The summed E-state index contributed by atoms with van der Waals surface area (Å²) in [6.45, 7) is 6.86. The predicted octanol–water partition coefficient (Wildman–Crippen LogP) is 2.10. The minimum absolute atomic E-state index is 0.323. The minimum Gasteiger partial charge on any atom is -0.464 e. The van der Waals surface area contributed by atoms with Crippen molar-refractivity contribution in [2.75, 3.05) is 13.1 Å². The van der Waals surface area contributed by atoms with Crippen LogP contribution in [0.25, 0.3) is 0 Å². The maximum atomic E-state index is 5.84. The minimum atomic E-state index is 0.323. The molecule has 1 N–H and O–H groups in total. The molecule has 0 spiro atoms. The Morgan fingerprint density at radius 2 is 2.40 bits per heavy atom. The highest BCUT2D eigenvalue weighted by Crippen LogP contribution is 2.17. The van der Waals surface area contributed by atoms with Crippen LogP contribution < -0.4 is 5.32 Å². The first kappa shape index (κ1) is 10.7. The number of rotatable bonds is 3. The van der Waals surface area contributed by atoms with Gasteiger partial charge in [-0.25, -0.2) is 0 Å². The molecule has 2 heterocycles. The smallest absolute Gasteiger partial charge is 0.129 e. The summed E-state index contributed by atoms with van der Waals surface area (Å²) in [5.74, 6) is 2.51. The van der Waals surface area contributed by atoms with Crippen molar-refractivity contribution in [1.82, 2.24) is 5.32 Å². The van der Waals surface area contributed by atoms with Crippen LogP contribution in [0.1, 0.15) is 24.9 Å². The molecule has 1 aromatic rings. The van der Waals surface area contributed by atoms with E-state index in [-0.39, 0.29) is 0 Å². The number of nitrogens with one attached hydrogen (secondary N) is 1. The molecule has 3 nitrogen and oxygen atoms in total. The van der Waals surface area contributed by atoms with Crippen molar-refractivity contribution >= 4 is 0 Å². The van der Waals surface area contributed by atoms with Crippen LogP contribution in [-0.2, 0) is 11.3 Å². The highest BCUT2D eigenvalue weighted by molar-refractivity contribution is 5.04. The molecule has 2 rings (SSSR count). The molecule has 2 unspecified atom stereocenters. The van der Waals surface area contributed by atoms with Crippen molar-refractivity contribution < 1.29 is 9.15 Å². The topological polar surface area (TPSA) is 34.4 Å². The Hall–Kier alpha value is -0.800. The zero-order valence-corrected chi connectivity index (χ0v) is 9.45. The molecule has 1 aliphatic heterocycles. The second-order valence-electron chi connectivity index (χ2n) is 4.33. The SMILES string of the molecule is Cc1ccc(COC2CNCCC2C)o1. The molecule has 3 heteroatoms. The lowest BCUT2D eigenvalue weighted by atomic mass is 9.97. The van der Waals surface area contributed by atoms with Gasteiger partial charge in [0.1, 0.15) is 18.1 Å². The third kappa shape index (κ3) is 2.83. The molecule has 1 fully saturated rings. The number of piperidine rings is 1. The number of hydrogen-bond acceptors (Lipinski definition) is 3. The zero-order valence-electron chi connectivity index (χ0n) is 9.45. The van der Waals surface area contributed by atoms with E-state index in [1.54, 1.807) is 0 Å². The lowest BCUT2D eigenvalue weighted by Gasteiger charge is -2.29. The Balaban J connectivity index is 1.81. The summed E-state index contributed by atoms with van der Waals surface area (Å²) in [5.41, 5.74) is 0. The van der Waals surface area contributed by atoms with E-state index >= 15 is 0 Å². The van der Waals surface area contributed by atoms with Crippen LogP contribution in [0.4, 0.5) is 0 Å². The number of hydrogen-bond donors (Lipinski definition) is 1. The molecule has 1 aromatic heterocycles. The maximum absolute atomic E-state index is 5.84. The quantitative estimate of drug-likeness (QED) is 0.828. The van der Waals surface area contributed by atoms with E-state index in [4.69, 9.17) is 9.15 Å². The summed E-state index contributed by atoms with van der Waals surface area (Å²) in [4.78, 5) is 0. The average Bonchev–Trinajstić information content (AvgIpc) is 2.63. The van der Waals surface area contributed by atoms with Gasteiger partial charge in [-0.15, -0.1) is 0 Å². The third-order valence-electron chi connectivity index (χ3n) is 2.99. The van der Waals surface area contributed by atoms with E-state index in [2.05, 4.69) is 12.2 Å². The van der Waals surface area contributed by atoms with Gasteiger partial charge in [0.25, 0.3) is 0 Å². The lowest BCUT2D eigenvalue weighted by Crippen LogP contribution is -2.40. The van der Waals surface area contributed by atoms with Crippen molar-refractivity contribution in [1.29, 1.82) is 0 Å². The first-order valence-electron chi connectivity index (χ1n) is 5.63. The molecule has 15 heavy (non-hydrogen) atoms. The number of ether oxygens (including phenoxy) is 1. The number of aryl methyl sites for hydroxylation is 1. The molecule has 0 amide bonds. The van der Waals surface area contributed by atoms with Crippen LogP contribution in [0, 0.1) is 12.8 Å². The molecule has 0 saturated carbocycles. The molecular weight excluding hydrogens is 190 g/mol. The van der Waals surface area contributed by atoms with Gasteiger partial charge in [-0.3, -0.25) is 0 Å². The predicted molar refractivity (Wildman–Crippen MR) is 58.7 cm³/mol. The fourth-order valence-corrected chi connectivity index (χ4v) is 1.94. The molecule has 0 radical (unpaired) electrons. The van der Waals surface area contributed by atoms with Gasteiger partial charge in [0.05, 0.1) is 6.10 Å². The summed E-state index contributed by atoms with van der Waals surface area (Å²) in [6.07, 6.45) is 1.52. The van der Waals surface area contributed by atoms with Crippen molar-refractivity contribution in [3.05, 3.63) is 23.7 Å². The highest BCUT2D eigenvalue weighted by Gasteiger charge is 2.21. The van der Waals surface area contributed by atoms with Crippen molar-refractivity contribution in [3.8, 4) is 0 Å². The van der Waals surface area contributed by atoms with E-state index in [9.17, 15) is 0 Å². The maximum Gasteiger partial charge on any atom is 0.129 e. The fourth-order valence-electron chi connectivity index (χ4n) is 1.94. The molecule has 1 aliphatic rings. The number of furan rings is 1. The molecule has 1 saturated heterocycles. The Morgan fingerprint density at radius 3 is 3.07 bits per heavy atom. The van der Waals surface area contributed by atoms with Crippen LogP contribution in [-0.4, -0.2) is 19.2 Å². The summed E-state index contributed by atoms with van der Waals surface area (Å²) >= 11 is 0. The summed E-state index contributed by atoms with van der Waals surface area (Å²) in [6, 6.07) is 3.96. The average molecular weight is 209 g/mol. The molecule has 0 aromatic carbocycles. The van der Waals surface area contributed by atoms with Crippen molar-refractivity contribution in [3.63, 3.8) is 0 Å². The van der Waals surface area contributed by atoms with E-state index in [0.29, 0.717) is 18.6 Å². The van der Waals surface area contributed by atoms with Gasteiger partial charge < -0.3 is 14.5 Å². The first-order valence-corrected chi connectivity index (χ1v) is 5.63. The van der Waals surface area contributed by atoms with E-state index in [1.807, 2.05) is 19.1 Å². The molecule has 2 atom stereocenters. The van der Waals surface area contributed by atoms with Gasteiger partial charge in [0.2, 0.25) is 0 Å². The van der Waals surface area contributed by atoms with Gasteiger partial charge >= 0.3 is 0 Å². The van der Waals surface area contributed by atoms with Crippen LogP contribution in [0.2, 0.25) is 0 Å². The van der Waals surface area contributed by atoms with Gasteiger partial charge in [0.15, 0.2) is 0 Å². The molecule has 0 bridgehead atoms. The summed E-state index contributed by atoms with van der Waals surface area (Å²) in [7, 11) is 0. The van der Waals surface area contributed by atoms with Crippen LogP contribution in [0.15, 0.2) is 16.5 Å². The van der Waals surface area contributed by atoms with Gasteiger partial charge in [-0.1, -0.05) is 6.92 Å². The monoisotopic (exact) mass is 209 g/mol. The molecule has 0 aliphatic carbocycles. The Morgan fingerprint density at radius 1 is 1.53 bits per heavy atom. The Labute approximate surface area is 90.8 Å². The second-order valence-corrected chi connectivity index (χ2v) is 4.33. The van der Waals surface area contributed by atoms with Crippen molar-refractivity contribution in [2.45, 2.75) is 33.0 Å². The first-order chi connectivity index (χ1) is 7.25. The molecule has 84 valence electrons. The van der Waals surface area contributed by atoms with Crippen molar-refractivity contribution in [2.24, 2.45) is 5.92 Å². The van der Waals surface area contributed by atoms with Crippen LogP contribution >= 0.6 is 0 Å². The summed E-state index contributed by atoms with van der Waals surface area (Å²) < 4.78 is 11.3. The largest absolute Gasteiger partial charge is 0.464 e. The lowest BCUT2D eigenvalue weighted by molar-refractivity contribution is -0.0136. The Bertz CT molecular complexity index is 308. The van der Waals surface area contributed by atoms with Gasteiger partial charge in [0, 0.05) is 6.54 Å². The van der Waals surface area contributed by atoms with E-state index < -0.39 is 0 Å². The summed E-state index contributed by atoms with van der Waals surface area (Å²) in [5, 5.41) is 3.35. The normalized spacial score (nSPS) is 26.8. The van der Waals surface area contributed by atoms with E-state index in [0.717, 1.165) is 24.6 Å². The third-order valence-corrected chi connectivity index (χ3v) is 2.99. The van der Waals surface area contributed by atoms with E-state index in [1.165, 1.54) is 6.42 Å². The molecular formula is C12H19NO2. The zero-order chi connectivity index (χ0) is 10.7. The highest BCUT2D eigenvalue weighted by atomic mass is 16.5.